The van der Waals surface area contributed by atoms with E-state index in [-0.39, 0.29) is 98.1 Å². The number of ether oxygens (including phenoxy) is 1. The van der Waals surface area contributed by atoms with E-state index in [1.165, 1.54) is 47.5 Å². The van der Waals surface area contributed by atoms with Crippen LogP contribution in [0.25, 0.3) is 0 Å². The van der Waals surface area contributed by atoms with Crippen molar-refractivity contribution in [3.05, 3.63) is 69.4 Å². The van der Waals surface area contributed by atoms with E-state index in [1.807, 2.05) is 27.7 Å². The number of unbranched alkanes of at least 4 members (excludes halogenated alkanes) is 2. The molecule has 2 aromatic rings. The van der Waals surface area contributed by atoms with E-state index in [9.17, 15) is 48.7 Å². The van der Waals surface area contributed by atoms with Crippen LogP contribution in [0, 0.1) is 23.0 Å². The fourth-order valence-corrected chi connectivity index (χ4v) is 9.25. The van der Waals surface area contributed by atoms with Gasteiger partial charge in [0.2, 0.25) is 11.8 Å². The second kappa shape index (κ2) is 28.5. The molecule has 3 heterocycles. The number of hydroxylamine groups is 2. The predicted molar refractivity (Wildman–Crippen MR) is 287 cm³/mol. The zero-order valence-electron chi connectivity index (χ0n) is 45.7. The van der Waals surface area contributed by atoms with Crippen LogP contribution in [0.1, 0.15) is 123 Å². The maximum Gasteiger partial charge on any atom is 0.306 e. The number of carboxylic acids is 1. The minimum atomic E-state index is -1.04. The van der Waals surface area contributed by atoms with Gasteiger partial charge in [-0.25, -0.2) is 10.2 Å². The Labute approximate surface area is 449 Å². The first-order valence-corrected chi connectivity index (χ1v) is 26.6. The van der Waals surface area contributed by atoms with Crippen LogP contribution in [-0.2, 0) is 49.5 Å². The second-order valence-electron chi connectivity index (χ2n) is 20.4. The number of carbonyl (C=O) groups excluding carboxylic acids is 7. The second-order valence-corrected chi connectivity index (χ2v) is 21.3. The molecule has 4 rings (SSSR count). The summed E-state index contributed by atoms with van der Waals surface area (Å²) in [4.78, 5) is 122. The number of carbonyl (C=O) groups is 8. The molecule has 22 nitrogen and oxygen atoms in total. The lowest BCUT2D eigenvalue weighted by Gasteiger charge is -2.38. The molecule has 418 valence electrons. The van der Waals surface area contributed by atoms with E-state index in [1.54, 1.807) is 75.3 Å². The molecule has 0 fully saturated rings. The largest absolute Gasteiger partial charge is 0.753 e. The number of esters is 1. The molecular weight excluding hydrogens is 1000 g/mol. The van der Waals surface area contributed by atoms with Gasteiger partial charge in [0.05, 0.1) is 23.2 Å². The molecule has 0 aliphatic carbocycles. The normalized spacial score (nSPS) is 16.4. The molecule has 23 heteroatoms. The number of likely N-dealkylation sites (N-methyl/N-ethyl adjacent to an activating group) is 2. The summed E-state index contributed by atoms with van der Waals surface area (Å²) in [5.41, 5.74) is 7.17. The van der Waals surface area contributed by atoms with Crippen LogP contribution < -0.4 is 21.2 Å². The van der Waals surface area contributed by atoms with Gasteiger partial charge in [0.1, 0.15) is 22.6 Å². The number of anilines is 1. The van der Waals surface area contributed by atoms with E-state index >= 15 is 0 Å². The number of carboxylic acid groups (broad SMARTS) is 1. The third-order valence-corrected chi connectivity index (χ3v) is 14.8. The number of thiazole rings is 1. The van der Waals surface area contributed by atoms with E-state index in [0.717, 1.165) is 4.90 Å². The maximum atomic E-state index is 14.4. The summed E-state index contributed by atoms with van der Waals surface area (Å²) in [6.07, 6.45) is 6.97. The van der Waals surface area contributed by atoms with Crippen LogP contribution in [-0.4, -0.2) is 159 Å². The number of aliphatic imine (C=N–C) groups is 1. The fourth-order valence-electron chi connectivity index (χ4n) is 8.39. The highest BCUT2D eigenvalue weighted by Gasteiger charge is 2.39. The molecule has 6 atom stereocenters. The summed E-state index contributed by atoms with van der Waals surface area (Å²) in [6, 6.07) is 3.07. The van der Waals surface area contributed by atoms with Gasteiger partial charge < -0.3 is 41.2 Å². The van der Waals surface area contributed by atoms with Crippen LogP contribution in [0.5, 0.6) is 5.75 Å². The number of aromatic nitrogens is 1. The number of imide groups is 2. The summed E-state index contributed by atoms with van der Waals surface area (Å²) in [7, 11) is 5.28. The van der Waals surface area contributed by atoms with Crippen molar-refractivity contribution in [2.24, 2.45) is 28.5 Å². The van der Waals surface area contributed by atoms with E-state index in [2.05, 4.69) is 10.6 Å². The predicted octanol–water partition coefficient (Wildman–Crippen LogP) is 4.83. The molecule has 0 bridgehead atoms. The zero-order valence-corrected chi connectivity index (χ0v) is 46.5. The Balaban J connectivity index is 1.57. The van der Waals surface area contributed by atoms with Gasteiger partial charge in [-0.2, -0.15) is 0 Å². The highest BCUT2D eigenvalue weighted by Crippen LogP contribution is 2.32. The van der Waals surface area contributed by atoms with Crippen molar-refractivity contribution >= 4 is 70.2 Å². The summed E-state index contributed by atoms with van der Waals surface area (Å²) in [5.74, 6) is -4.77. The van der Waals surface area contributed by atoms with Crippen LogP contribution in [0.4, 0.5) is 5.69 Å². The molecule has 2 unspecified atom stereocenters. The number of amides is 6. The molecule has 0 radical (unpaired) electrons. The number of hydrogen-bond acceptors (Lipinski definition) is 17. The van der Waals surface area contributed by atoms with Gasteiger partial charge in [-0.3, -0.25) is 58.0 Å². The average molecular weight is 1080 g/mol. The Bertz CT molecular complexity index is 2450. The van der Waals surface area contributed by atoms with Crippen molar-refractivity contribution in [3.8, 4) is 5.75 Å². The Morgan fingerprint density at radius 3 is 2.07 bits per heavy atom. The molecule has 2 aliphatic heterocycles. The minimum absolute atomic E-state index is 0.00803. The highest BCUT2D eigenvalue weighted by molar-refractivity contribution is 7.09. The fraction of sp³-hybridized carbons (Fsp3) is 0.585. The summed E-state index contributed by atoms with van der Waals surface area (Å²) in [6.45, 7) is 14.7. The molecule has 0 saturated carbocycles. The monoisotopic (exact) mass is 1080 g/mol. The first-order valence-electron chi connectivity index (χ1n) is 25.8. The lowest BCUT2D eigenvalue weighted by molar-refractivity contribution is -0.149. The third kappa shape index (κ3) is 17.5. The van der Waals surface area contributed by atoms with Crippen LogP contribution in [0.15, 0.2) is 52.9 Å². The number of rotatable bonds is 32. The lowest BCUT2D eigenvalue weighted by Crippen LogP contribution is -2.60. The SMILES string of the molecule is CC[C@H](C)C(NC(=O)C(C)(C)N(C)C)C(=O)N(C)[C@H](C[C@@H](OC(C)=O)c1nc(C(N)=N[C@@H](Cc2ccc(ON([O-])CCCN3C(=O)C=CC3=O)c(NCCCCCN3C(=O)C=CC3=O)c2)CC(C)C(=O)O)cs1)C(C)C. The highest BCUT2D eigenvalue weighted by atomic mass is 32.1. The smallest absolute Gasteiger partial charge is 0.306 e. The number of benzene rings is 1. The van der Waals surface area contributed by atoms with Gasteiger partial charge in [-0.05, 0) is 96.0 Å². The van der Waals surface area contributed by atoms with Gasteiger partial charge in [0.15, 0.2) is 11.9 Å². The molecule has 2 aliphatic rings. The van der Waals surface area contributed by atoms with Crippen molar-refractivity contribution in [2.45, 2.75) is 137 Å². The van der Waals surface area contributed by atoms with E-state index in [0.29, 0.717) is 53.7 Å². The molecule has 1 aromatic carbocycles. The first-order chi connectivity index (χ1) is 35.7. The van der Waals surface area contributed by atoms with Gasteiger partial charge >= 0.3 is 11.9 Å². The number of nitrogens with zero attached hydrogens (tertiary/aromatic N) is 7. The van der Waals surface area contributed by atoms with Gasteiger partial charge in [-0.15, -0.1) is 11.3 Å². The van der Waals surface area contributed by atoms with Gasteiger partial charge in [-0.1, -0.05) is 47.1 Å². The topological polar surface area (TPSA) is 290 Å². The quantitative estimate of drug-likeness (QED) is 0.0190. The lowest BCUT2D eigenvalue weighted by atomic mass is 9.92. The van der Waals surface area contributed by atoms with Crippen molar-refractivity contribution in [2.75, 3.05) is 52.6 Å². The summed E-state index contributed by atoms with van der Waals surface area (Å²) < 4.78 is 5.87. The molecule has 0 saturated heterocycles. The average Bonchev–Trinajstić information content (AvgIpc) is 4.07. The van der Waals surface area contributed by atoms with E-state index < -0.39 is 59.4 Å². The molecule has 1 aromatic heterocycles. The number of aliphatic carboxylic acids is 1. The van der Waals surface area contributed by atoms with Gasteiger partial charge in [0, 0.05) is 82.3 Å². The summed E-state index contributed by atoms with van der Waals surface area (Å²) >= 11 is 1.19. The van der Waals surface area contributed by atoms with Crippen LogP contribution in [0.3, 0.4) is 0 Å². The summed E-state index contributed by atoms with van der Waals surface area (Å²) in [5, 5.41) is 31.7. The van der Waals surface area contributed by atoms with Crippen molar-refractivity contribution in [1.82, 2.24) is 35.1 Å². The number of amidine groups is 1. The minimum Gasteiger partial charge on any atom is -0.753 e. The van der Waals surface area contributed by atoms with Crippen molar-refractivity contribution in [3.63, 3.8) is 0 Å². The standard InChI is InChI=1S/C53H77N10O12S/c1-12-33(4)47(58-52(72)53(7,8)59(9)10)50(69)60(11)40(32(2)3)30-42(74-35(6)64)49-57-39(31-76-49)48(54)56-37(27-34(5)51(70)71)28-36-17-18-41(75-63(73)26-16-25-62-45(67)21-22-46(62)68)38(29-36)55-23-14-13-15-24-61-43(65)19-20-44(61)66/h17-22,29,31-34,37,40,42,47,55H,12-16,23-28,30H2,1-11H3,(H2,54,56)(H,58,72)(H,70,71)/q-1/t33-,34?,37+,40+,42+,47?/m0/s1. The van der Waals surface area contributed by atoms with Crippen LogP contribution >= 0.6 is 11.3 Å². The van der Waals surface area contributed by atoms with Gasteiger partial charge in [0.25, 0.3) is 23.6 Å². The molecule has 6 amide bonds. The molecule has 76 heavy (non-hydrogen) atoms. The third-order valence-electron chi connectivity index (χ3n) is 13.9. The number of nitrogens with two attached hydrogens (primary N) is 1. The Hall–Kier alpha value is -6.56. The maximum absolute atomic E-state index is 14.4. The molecule has 0 spiro atoms. The Kier molecular flexibility index (Phi) is 23.3. The zero-order chi connectivity index (χ0) is 56.6. The molecule has 5 N–H and O–H groups in total. The number of hydrogen-bond donors (Lipinski definition) is 4. The van der Waals surface area contributed by atoms with Crippen molar-refractivity contribution in [1.29, 1.82) is 0 Å². The first kappa shape index (κ1) is 62.0. The Morgan fingerprint density at radius 1 is 0.908 bits per heavy atom. The molecular formula is C53H77N10O12S-. The number of nitrogens with one attached hydrogen (secondary N) is 2. The van der Waals surface area contributed by atoms with Crippen LogP contribution in [0.2, 0.25) is 0 Å². The Morgan fingerprint density at radius 2 is 1.51 bits per heavy atom. The van der Waals surface area contributed by atoms with Crippen molar-refractivity contribution < 1.29 is 53.0 Å². The van der Waals surface area contributed by atoms with E-state index in [4.69, 9.17) is 25.3 Å².